The van der Waals surface area contributed by atoms with Gasteiger partial charge in [-0.2, -0.15) is 0 Å². The van der Waals surface area contributed by atoms with Gasteiger partial charge in [-0.1, -0.05) is 121 Å². The van der Waals surface area contributed by atoms with E-state index >= 15 is 0 Å². The molecule has 47 heavy (non-hydrogen) atoms. The molecule has 0 aliphatic rings. The van der Waals surface area contributed by atoms with Crippen LogP contribution in [0.2, 0.25) is 0 Å². The molecule has 0 unspecified atom stereocenters. The highest BCUT2D eigenvalue weighted by Gasteiger charge is 2.20. The lowest BCUT2D eigenvalue weighted by atomic mass is 10.0. The summed E-state index contributed by atoms with van der Waals surface area (Å²) in [5.74, 6) is 0.921. The van der Waals surface area contributed by atoms with Gasteiger partial charge in [0.05, 0.1) is 11.0 Å². The maximum Gasteiger partial charge on any atom is 0.178 e. The van der Waals surface area contributed by atoms with E-state index in [0.717, 1.165) is 94.2 Å². The molecule has 7 aromatic carbocycles. The van der Waals surface area contributed by atoms with Crippen molar-refractivity contribution in [2.75, 3.05) is 0 Å². The molecule has 0 saturated heterocycles. The fraction of sp³-hybridized carbons (Fsp3) is 0. The minimum absolute atomic E-state index is 0.772. The molecular formula is C43H26N2O2. The van der Waals surface area contributed by atoms with Crippen molar-refractivity contribution in [1.29, 1.82) is 0 Å². The van der Waals surface area contributed by atoms with Crippen LogP contribution in [0, 0.1) is 0 Å². The molecule has 0 aliphatic heterocycles. The van der Waals surface area contributed by atoms with Crippen LogP contribution in [0.3, 0.4) is 0 Å². The number of benzene rings is 7. The van der Waals surface area contributed by atoms with Crippen molar-refractivity contribution in [1.82, 2.24) is 9.55 Å². The largest absolute Gasteiger partial charge is 0.451 e. The summed E-state index contributed by atoms with van der Waals surface area (Å²) in [7, 11) is 0. The smallest absolute Gasteiger partial charge is 0.178 e. The van der Waals surface area contributed by atoms with E-state index < -0.39 is 0 Å². The van der Waals surface area contributed by atoms with Crippen molar-refractivity contribution < 1.29 is 8.83 Å². The third kappa shape index (κ3) is 3.92. The maximum absolute atomic E-state index is 6.75. The summed E-state index contributed by atoms with van der Waals surface area (Å²) in [6.07, 6.45) is 0. The highest BCUT2D eigenvalue weighted by molar-refractivity contribution is 6.21. The second-order valence-electron chi connectivity index (χ2n) is 11.9. The van der Waals surface area contributed by atoms with Gasteiger partial charge in [-0.25, -0.2) is 4.98 Å². The Morgan fingerprint density at radius 1 is 0.383 bits per heavy atom. The molecule has 0 aliphatic carbocycles. The molecule has 0 spiro atoms. The van der Waals surface area contributed by atoms with Crippen LogP contribution in [0.1, 0.15) is 0 Å². The van der Waals surface area contributed by atoms with Gasteiger partial charge in [-0.3, -0.25) is 4.57 Å². The van der Waals surface area contributed by atoms with Crippen LogP contribution in [0.15, 0.2) is 167 Å². The fourth-order valence-electron chi connectivity index (χ4n) is 7.04. The normalized spacial score (nSPS) is 11.8. The van der Waals surface area contributed by atoms with Crippen LogP contribution in [0.4, 0.5) is 0 Å². The van der Waals surface area contributed by atoms with Crippen LogP contribution in [-0.2, 0) is 0 Å². The van der Waals surface area contributed by atoms with Crippen LogP contribution >= 0.6 is 0 Å². The first-order valence-corrected chi connectivity index (χ1v) is 15.8. The molecule has 0 radical (unpaired) electrons. The zero-order chi connectivity index (χ0) is 30.9. The van der Waals surface area contributed by atoms with E-state index in [9.17, 15) is 0 Å². The first kappa shape index (κ1) is 25.9. The molecule has 0 atom stereocenters. The average Bonchev–Trinajstić information content (AvgIpc) is 3.84. The Labute approximate surface area is 269 Å². The molecule has 0 bridgehead atoms. The van der Waals surface area contributed by atoms with E-state index in [1.165, 1.54) is 0 Å². The lowest BCUT2D eigenvalue weighted by Gasteiger charge is -2.11. The van der Waals surface area contributed by atoms with Gasteiger partial charge in [0.25, 0.3) is 0 Å². The Balaban J connectivity index is 1.13. The quantitative estimate of drug-likeness (QED) is 0.201. The standard InChI is InChI=1S/C43H26N2O2/c1-3-11-27(12-4-1)31-15-9-17-33-35-25-26-36-34-18-10-16-32(40(34)47-42(36)41(35)46-39(31)33)28-21-23-30(24-22-28)45-38-20-8-7-19-37(38)44-43(45)29-13-5-2-6-14-29/h1-26H. The van der Waals surface area contributed by atoms with Gasteiger partial charge in [0, 0.05) is 43.9 Å². The molecule has 10 rings (SSSR count). The van der Waals surface area contributed by atoms with E-state index in [4.69, 9.17) is 13.8 Å². The predicted molar refractivity (Wildman–Crippen MR) is 192 cm³/mol. The Morgan fingerprint density at radius 2 is 0.894 bits per heavy atom. The number of para-hydroxylation sites is 4. The number of aromatic nitrogens is 2. The Hall–Kier alpha value is -6.39. The minimum atomic E-state index is 0.772. The number of hydrogen-bond acceptors (Lipinski definition) is 3. The third-order valence-electron chi connectivity index (χ3n) is 9.24. The van der Waals surface area contributed by atoms with Gasteiger partial charge >= 0.3 is 0 Å². The van der Waals surface area contributed by atoms with Gasteiger partial charge in [0.15, 0.2) is 11.2 Å². The van der Waals surface area contributed by atoms with Crippen molar-refractivity contribution in [3.8, 4) is 39.3 Å². The van der Waals surface area contributed by atoms with Crippen LogP contribution in [-0.4, -0.2) is 9.55 Å². The number of hydrogen-bond donors (Lipinski definition) is 0. The van der Waals surface area contributed by atoms with E-state index in [2.05, 4.69) is 144 Å². The predicted octanol–water partition coefficient (Wildman–Crippen LogP) is 11.8. The molecular weight excluding hydrogens is 576 g/mol. The Morgan fingerprint density at radius 3 is 1.51 bits per heavy atom. The van der Waals surface area contributed by atoms with E-state index in [0.29, 0.717) is 0 Å². The SMILES string of the molecule is c1ccc(-c2cccc3c2oc2c3ccc3c4cccc(-c5ccc(-n6c(-c7ccccc7)nc7ccccc76)cc5)c4oc32)cc1. The summed E-state index contributed by atoms with van der Waals surface area (Å²) >= 11 is 0. The van der Waals surface area contributed by atoms with Gasteiger partial charge in [-0.05, 0) is 47.5 Å². The molecule has 4 nitrogen and oxygen atoms in total. The number of nitrogens with zero attached hydrogens (tertiary/aromatic N) is 2. The zero-order valence-corrected chi connectivity index (χ0v) is 25.2. The minimum Gasteiger partial charge on any atom is -0.451 e. The first-order valence-electron chi connectivity index (χ1n) is 15.8. The number of fused-ring (bicyclic) bond motifs is 8. The van der Waals surface area contributed by atoms with Crippen molar-refractivity contribution in [2.24, 2.45) is 0 Å². The zero-order valence-electron chi connectivity index (χ0n) is 25.2. The molecule has 0 N–H and O–H groups in total. The topological polar surface area (TPSA) is 44.1 Å². The molecule has 4 heteroatoms. The molecule has 3 aromatic heterocycles. The van der Waals surface area contributed by atoms with Crippen LogP contribution in [0.25, 0.3) is 94.2 Å². The molecule has 10 aromatic rings. The van der Waals surface area contributed by atoms with Crippen molar-refractivity contribution >= 4 is 54.9 Å². The molecule has 220 valence electrons. The Kier molecular flexibility index (Phi) is 5.54. The van der Waals surface area contributed by atoms with Gasteiger partial charge in [0.2, 0.25) is 0 Å². The lowest BCUT2D eigenvalue weighted by molar-refractivity contribution is 0.634. The summed E-state index contributed by atoms with van der Waals surface area (Å²) in [5, 5.41) is 4.25. The van der Waals surface area contributed by atoms with Gasteiger partial charge < -0.3 is 8.83 Å². The second-order valence-corrected chi connectivity index (χ2v) is 11.9. The van der Waals surface area contributed by atoms with Gasteiger partial charge in [0.1, 0.15) is 17.0 Å². The first-order chi connectivity index (χ1) is 23.3. The monoisotopic (exact) mass is 602 g/mol. The maximum atomic E-state index is 6.75. The van der Waals surface area contributed by atoms with Crippen molar-refractivity contribution in [2.45, 2.75) is 0 Å². The fourth-order valence-corrected chi connectivity index (χ4v) is 7.04. The highest BCUT2D eigenvalue weighted by atomic mass is 16.4. The number of furan rings is 2. The van der Waals surface area contributed by atoms with E-state index in [1.807, 2.05) is 18.2 Å². The van der Waals surface area contributed by atoms with Crippen molar-refractivity contribution in [3.63, 3.8) is 0 Å². The number of rotatable bonds is 4. The van der Waals surface area contributed by atoms with Crippen LogP contribution in [0.5, 0.6) is 0 Å². The second kappa shape index (κ2) is 10.1. The van der Waals surface area contributed by atoms with E-state index in [-0.39, 0.29) is 0 Å². The molecule has 3 heterocycles. The summed E-state index contributed by atoms with van der Waals surface area (Å²) in [6.45, 7) is 0. The van der Waals surface area contributed by atoms with Gasteiger partial charge in [-0.15, -0.1) is 0 Å². The average molecular weight is 603 g/mol. The van der Waals surface area contributed by atoms with E-state index in [1.54, 1.807) is 0 Å². The van der Waals surface area contributed by atoms with Crippen molar-refractivity contribution in [3.05, 3.63) is 158 Å². The van der Waals surface area contributed by atoms with Crippen LogP contribution < -0.4 is 0 Å². The third-order valence-corrected chi connectivity index (χ3v) is 9.24. The summed E-state index contributed by atoms with van der Waals surface area (Å²) in [6, 6.07) is 54.7. The summed E-state index contributed by atoms with van der Waals surface area (Å²) in [4.78, 5) is 5.01. The molecule has 0 amide bonds. The molecule has 0 saturated carbocycles. The lowest BCUT2D eigenvalue weighted by Crippen LogP contribution is -1.97. The molecule has 0 fully saturated rings. The summed E-state index contributed by atoms with van der Waals surface area (Å²) in [5.41, 5.74) is 11.8. The summed E-state index contributed by atoms with van der Waals surface area (Å²) < 4.78 is 15.7. The number of imidazole rings is 1. The highest BCUT2D eigenvalue weighted by Crippen LogP contribution is 2.43. The Bertz CT molecular complexity index is 2770.